The van der Waals surface area contributed by atoms with E-state index in [0.717, 1.165) is 22.3 Å². The second kappa shape index (κ2) is 5.78. The number of halogens is 2. The summed E-state index contributed by atoms with van der Waals surface area (Å²) in [6.07, 6.45) is 4.46. The van der Waals surface area contributed by atoms with Crippen LogP contribution in [0.4, 0.5) is 8.63 Å². The van der Waals surface area contributed by atoms with Crippen molar-refractivity contribution in [2.75, 3.05) is 0 Å². The monoisotopic (exact) mass is 371 g/mol. The van der Waals surface area contributed by atoms with Crippen LogP contribution in [0.3, 0.4) is 0 Å². The van der Waals surface area contributed by atoms with Crippen LogP contribution in [0, 0.1) is 13.8 Å². The van der Waals surface area contributed by atoms with Crippen molar-refractivity contribution in [2.24, 2.45) is 0 Å². The molecular formula is C20H24BF2N3O. The first-order chi connectivity index (χ1) is 12.8. The Morgan fingerprint density at radius 1 is 1.15 bits per heavy atom. The third-order valence-electron chi connectivity index (χ3n) is 6.14. The highest BCUT2D eigenvalue weighted by Gasteiger charge is 2.57. The molecule has 0 saturated heterocycles. The lowest BCUT2D eigenvalue weighted by Gasteiger charge is -2.33. The van der Waals surface area contributed by atoms with Gasteiger partial charge in [0.05, 0.1) is 6.20 Å². The maximum atomic E-state index is 15.9. The van der Waals surface area contributed by atoms with Crippen LogP contribution in [0.2, 0.25) is 0 Å². The smallest absolute Gasteiger partial charge is 0.444 e. The highest BCUT2D eigenvalue weighted by molar-refractivity contribution is 6.58. The summed E-state index contributed by atoms with van der Waals surface area (Å²) in [7, 11) is 0. The summed E-state index contributed by atoms with van der Waals surface area (Å²) in [4.78, 5) is 4.33. The lowest BCUT2D eigenvalue weighted by Crippen LogP contribution is -2.51. The molecule has 27 heavy (non-hydrogen) atoms. The van der Waals surface area contributed by atoms with E-state index >= 15 is 8.63 Å². The standard InChI is InChI=1S/C20H24BF2N3O/c1-7-15-11(3)18-17(20-24-9-10-27-20)19-12(4)16(8-2)14(6)26(19)21(22,23)25(18)13(15)5/h9-10H,7-8H2,1-6H3. The Morgan fingerprint density at radius 3 is 2.41 bits per heavy atom. The van der Waals surface area contributed by atoms with E-state index in [0.29, 0.717) is 47.1 Å². The third-order valence-corrected chi connectivity index (χ3v) is 6.14. The summed E-state index contributed by atoms with van der Waals surface area (Å²) in [5.41, 5.74) is 6.66. The molecule has 4 rings (SSSR count). The second-order valence-electron chi connectivity index (χ2n) is 7.32. The Bertz CT molecular complexity index is 1060. The Labute approximate surface area is 158 Å². The number of oxazole rings is 1. The van der Waals surface area contributed by atoms with Gasteiger partial charge in [-0.2, -0.15) is 0 Å². The second-order valence-corrected chi connectivity index (χ2v) is 7.32. The number of rotatable bonds is 3. The predicted octanol–water partition coefficient (Wildman–Crippen LogP) is 4.86. The lowest BCUT2D eigenvalue weighted by atomic mass is 9.86. The van der Waals surface area contributed by atoms with Crippen molar-refractivity contribution in [2.45, 2.75) is 54.4 Å². The minimum absolute atomic E-state index is 0.385. The molecular weight excluding hydrogens is 347 g/mol. The van der Waals surface area contributed by atoms with E-state index in [-0.39, 0.29) is 0 Å². The van der Waals surface area contributed by atoms with Crippen LogP contribution in [0.1, 0.15) is 62.5 Å². The van der Waals surface area contributed by atoms with Gasteiger partial charge >= 0.3 is 6.97 Å². The van der Waals surface area contributed by atoms with Crippen LogP contribution >= 0.6 is 0 Å². The molecule has 0 saturated carbocycles. The third kappa shape index (κ3) is 2.08. The van der Waals surface area contributed by atoms with Gasteiger partial charge in [0.15, 0.2) is 5.70 Å². The van der Waals surface area contributed by atoms with E-state index in [2.05, 4.69) is 4.98 Å². The van der Waals surface area contributed by atoms with E-state index < -0.39 is 6.97 Å². The van der Waals surface area contributed by atoms with Gasteiger partial charge in [0.25, 0.3) is 0 Å². The van der Waals surface area contributed by atoms with Gasteiger partial charge in [-0.1, -0.05) is 13.8 Å². The molecule has 0 fully saturated rings. The van der Waals surface area contributed by atoms with Crippen molar-refractivity contribution in [1.82, 2.24) is 9.46 Å². The zero-order valence-electron chi connectivity index (χ0n) is 16.7. The fourth-order valence-corrected chi connectivity index (χ4v) is 5.03. The molecule has 142 valence electrons. The molecule has 0 atom stereocenters. The lowest BCUT2D eigenvalue weighted by molar-refractivity contribution is -0.363. The van der Waals surface area contributed by atoms with E-state index in [1.807, 2.05) is 27.7 Å². The summed E-state index contributed by atoms with van der Waals surface area (Å²) in [6, 6.07) is 0. The van der Waals surface area contributed by atoms with Gasteiger partial charge in [0.1, 0.15) is 17.5 Å². The molecule has 2 aliphatic rings. The van der Waals surface area contributed by atoms with Crippen LogP contribution in [-0.4, -0.2) is 26.6 Å². The first-order valence-electron chi connectivity index (χ1n) is 9.47. The summed E-state index contributed by atoms with van der Waals surface area (Å²) in [5.74, 6) is 0.385. The predicted molar refractivity (Wildman–Crippen MR) is 103 cm³/mol. The molecule has 2 aromatic rings. The minimum atomic E-state index is -4.00. The van der Waals surface area contributed by atoms with Crippen molar-refractivity contribution in [1.29, 1.82) is 0 Å². The minimum Gasteiger partial charge on any atom is -0.444 e. The van der Waals surface area contributed by atoms with Crippen LogP contribution in [0.5, 0.6) is 0 Å². The molecule has 0 N–H and O–H groups in total. The zero-order valence-corrected chi connectivity index (χ0v) is 16.7. The molecule has 4 nitrogen and oxygen atoms in total. The number of fused-ring (bicyclic) bond motifs is 2. The number of nitrogens with zero attached hydrogens (tertiary/aromatic N) is 3. The fourth-order valence-electron chi connectivity index (χ4n) is 5.03. The first-order valence-corrected chi connectivity index (χ1v) is 9.47. The summed E-state index contributed by atoms with van der Waals surface area (Å²) in [5, 5.41) is 0. The van der Waals surface area contributed by atoms with Gasteiger partial charge in [-0.15, -0.1) is 0 Å². The number of allylic oxidation sites excluding steroid dienone is 2. The Hall–Kier alpha value is -2.44. The van der Waals surface area contributed by atoms with Gasteiger partial charge in [-0.3, -0.25) is 0 Å². The molecule has 0 amide bonds. The average molecular weight is 371 g/mol. The topological polar surface area (TPSA) is 34.0 Å². The number of hydrogen-bond acceptors (Lipinski definition) is 2. The average Bonchev–Trinajstić information content (AvgIpc) is 3.28. The number of hydrogen-bond donors (Lipinski definition) is 0. The van der Waals surface area contributed by atoms with Gasteiger partial charge in [-0.05, 0) is 50.4 Å². The summed E-state index contributed by atoms with van der Waals surface area (Å²) < 4.78 is 39.9. The normalized spacial score (nSPS) is 18.5. The van der Waals surface area contributed by atoms with E-state index in [1.165, 1.54) is 15.2 Å². The molecule has 4 heterocycles. The van der Waals surface area contributed by atoms with Crippen LogP contribution < -0.4 is 0 Å². The Kier molecular flexibility index (Phi) is 3.84. The van der Waals surface area contributed by atoms with Crippen molar-refractivity contribution in [3.63, 3.8) is 0 Å². The molecule has 0 spiro atoms. The molecule has 0 aromatic carbocycles. The van der Waals surface area contributed by atoms with Crippen LogP contribution in [0.15, 0.2) is 33.7 Å². The first kappa shape index (κ1) is 18.0. The maximum Gasteiger partial charge on any atom is 0.737 e. The molecule has 7 heteroatoms. The number of aromatic nitrogens is 2. The molecule has 0 unspecified atom stereocenters. The van der Waals surface area contributed by atoms with E-state index in [4.69, 9.17) is 4.42 Å². The van der Waals surface area contributed by atoms with Gasteiger partial charge in [0, 0.05) is 23.8 Å². The highest BCUT2D eigenvalue weighted by atomic mass is 19.2. The van der Waals surface area contributed by atoms with Crippen molar-refractivity contribution >= 4 is 18.3 Å². The van der Waals surface area contributed by atoms with Crippen LogP contribution in [0.25, 0.3) is 5.57 Å². The quantitative estimate of drug-likeness (QED) is 0.722. The van der Waals surface area contributed by atoms with Crippen molar-refractivity contribution < 1.29 is 17.5 Å². The van der Waals surface area contributed by atoms with E-state index in [1.54, 1.807) is 20.0 Å². The largest absolute Gasteiger partial charge is 0.737 e. The molecule has 0 bridgehead atoms. The Morgan fingerprint density at radius 2 is 1.85 bits per heavy atom. The summed E-state index contributed by atoms with van der Waals surface area (Å²) >= 11 is 0. The Balaban J connectivity index is 2.23. The summed E-state index contributed by atoms with van der Waals surface area (Å²) in [6.45, 7) is 7.43. The van der Waals surface area contributed by atoms with Gasteiger partial charge in [0.2, 0.25) is 5.89 Å². The highest BCUT2D eigenvalue weighted by Crippen LogP contribution is 2.46. The van der Waals surface area contributed by atoms with Crippen molar-refractivity contribution in [3.05, 3.63) is 57.7 Å². The van der Waals surface area contributed by atoms with Crippen LogP contribution in [-0.2, 0) is 6.42 Å². The van der Waals surface area contributed by atoms with Crippen molar-refractivity contribution in [3.8, 4) is 0 Å². The molecule has 2 aromatic heterocycles. The van der Waals surface area contributed by atoms with E-state index in [9.17, 15) is 0 Å². The molecule has 0 aliphatic carbocycles. The van der Waals surface area contributed by atoms with Gasteiger partial charge in [-0.25, -0.2) is 4.98 Å². The zero-order chi connectivity index (χ0) is 19.7. The molecule has 0 radical (unpaired) electrons. The molecule has 2 aliphatic heterocycles. The van der Waals surface area contributed by atoms with Gasteiger partial charge < -0.3 is 22.0 Å². The maximum absolute atomic E-state index is 15.9. The fraction of sp³-hybridized carbons (Fsp3) is 0.400. The SMILES string of the molecule is CCC1=C(C)C2=C(c3ncco3)c3c(C)c(CC)c(C)n3[B-](F)(F)[N+]2=C1C.